The van der Waals surface area contributed by atoms with E-state index in [0.29, 0.717) is 12.6 Å². The van der Waals surface area contributed by atoms with Gasteiger partial charge in [0.1, 0.15) is 11.6 Å². The lowest BCUT2D eigenvalue weighted by Crippen LogP contribution is -2.52. The summed E-state index contributed by atoms with van der Waals surface area (Å²) in [7, 11) is 0. The molecular formula is C28H30N4O. The van der Waals surface area contributed by atoms with Gasteiger partial charge in [-0.15, -0.1) is 0 Å². The number of hydrogen-bond acceptors (Lipinski definition) is 5. The van der Waals surface area contributed by atoms with Gasteiger partial charge in [-0.1, -0.05) is 24.3 Å². The number of benzene rings is 3. The van der Waals surface area contributed by atoms with Crippen LogP contribution >= 0.6 is 0 Å². The maximum Gasteiger partial charge on any atom is 0.162 e. The van der Waals surface area contributed by atoms with E-state index in [2.05, 4.69) is 66.1 Å². The van der Waals surface area contributed by atoms with Gasteiger partial charge in [0, 0.05) is 42.3 Å². The highest BCUT2D eigenvalue weighted by Crippen LogP contribution is 2.31. The van der Waals surface area contributed by atoms with Gasteiger partial charge >= 0.3 is 0 Å². The van der Waals surface area contributed by atoms with Crippen molar-refractivity contribution in [2.24, 2.45) is 0 Å². The van der Waals surface area contributed by atoms with E-state index in [1.807, 2.05) is 37.3 Å². The predicted octanol–water partition coefficient (Wildman–Crippen LogP) is 5.72. The summed E-state index contributed by atoms with van der Waals surface area (Å²) in [4.78, 5) is 14.9. The highest BCUT2D eigenvalue weighted by Gasteiger charge is 2.26. The zero-order valence-corrected chi connectivity index (χ0v) is 19.5. The first-order valence-electron chi connectivity index (χ1n) is 11.7. The first-order chi connectivity index (χ1) is 16.1. The van der Waals surface area contributed by atoms with Gasteiger partial charge in [-0.2, -0.15) is 0 Å². The molecule has 168 valence electrons. The third kappa shape index (κ3) is 4.36. The second-order valence-electron chi connectivity index (χ2n) is 8.67. The van der Waals surface area contributed by atoms with E-state index in [0.717, 1.165) is 53.5 Å². The zero-order valence-electron chi connectivity index (χ0n) is 19.5. The summed E-state index contributed by atoms with van der Waals surface area (Å²) in [5, 5.41) is 1.10. The van der Waals surface area contributed by atoms with Crippen molar-refractivity contribution < 1.29 is 4.74 Å². The molecule has 0 unspecified atom stereocenters. The first kappa shape index (κ1) is 21.3. The predicted molar refractivity (Wildman–Crippen MR) is 136 cm³/mol. The van der Waals surface area contributed by atoms with Crippen LogP contribution in [0.4, 0.5) is 11.5 Å². The molecule has 1 fully saturated rings. The van der Waals surface area contributed by atoms with Gasteiger partial charge in [-0.05, 0) is 74.9 Å². The Morgan fingerprint density at radius 3 is 2.52 bits per heavy atom. The highest BCUT2D eigenvalue weighted by atomic mass is 16.5. The monoisotopic (exact) mass is 438 g/mol. The molecule has 0 bridgehead atoms. The van der Waals surface area contributed by atoms with Crippen LogP contribution in [0.15, 0.2) is 72.8 Å². The SMILES string of the molecule is CCOc1ccc(-c2nc(N3CCN(c4cccc(C)c4)[C@@H](C)C3)c3ccccc3n2)cc1. The average molecular weight is 439 g/mol. The molecule has 1 saturated heterocycles. The van der Waals surface area contributed by atoms with E-state index in [9.17, 15) is 0 Å². The summed E-state index contributed by atoms with van der Waals surface area (Å²) < 4.78 is 5.60. The Balaban J connectivity index is 1.47. The smallest absolute Gasteiger partial charge is 0.162 e. The van der Waals surface area contributed by atoms with Crippen LogP contribution < -0.4 is 14.5 Å². The van der Waals surface area contributed by atoms with Gasteiger partial charge in [0.05, 0.1) is 12.1 Å². The van der Waals surface area contributed by atoms with E-state index in [1.54, 1.807) is 0 Å². The van der Waals surface area contributed by atoms with Gasteiger partial charge < -0.3 is 14.5 Å². The normalized spacial score (nSPS) is 16.3. The molecule has 4 aromatic rings. The van der Waals surface area contributed by atoms with Crippen LogP contribution in [-0.2, 0) is 0 Å². The number of fused-ring (bicyclic) bond motifs is 1. The van der Waals surface area contributed by atoms with Crippen LogP contribution in [-0.4, -0.2) is 42.3 Å². The molecule has 0 N–H and O–H groups in total. The van der Waals surface area contributed by atoms with E-state index in [-0.39, 0.29) is 0 Å². The Labute approximate surface area is 195 Å². The molecule has 1 aliphatic heterocycles. The van der Waals surface area contributed by atoms with Crippen molar-refractivity contribution in [1.82, 2.24) is 9.97 Å². The molecule has 2 heterocycles. The van der Waals surface area contributed by atoms with Crippen LogP contribution in [0.5, 0.6) is 5.75 Å². The van der Waals surface area contributed by atoms with Crippen molar-refractivity contribution in [3.63, 3.8) is 0 Å². The largest absolute Gasteiger partial charge is 0.494 e. The number of hydrogen-bond donors (Lipinski definition) is 0. The summed E-state index contributed by atoms with van der Waals surface area (Å²) in [5.41, 5.74) is 4.56. The number of nitrogens with zero attached hydrogens (tertiary/aromatic N) is 4. The topological polar surface area (TPSA) is 41.5 Å². The van der Waals surface area contributed by atoms with Gasteiger partial charge in [0.15, 0.2) is 5.82 Å². The molecule has 5 heteroatoms. The Bertz CT molecular complexity index is 1250. The molecule has 33 heavy (non-hydrogen) atoms. The first-order valence-corrected chi connectivity index (χ1v) is 11.7. The third-order valence-corrected chi connectivity index (χ3v) is 6.27. The Kier molecular flexibility index (Phi) is 5.86. The number of rotatable bonds is 5. The van der Waals surface area contributed by atoms with Crippen molar-refractivity contribution in [3.05, 3.63) is 78.4 Å². The van der Waals surface area contributed by atoms with Crippen molar-refractivity contribution in [2.75, 3.05) is 36.0 Å². The second-order valence-corrected chi connectivity index (χ2v) is 8.67. The lowest BCUT2D eigenvalue weighted by molar-refractivity contribution is 0.340. The van der Waals surface area contributed by atoms with Gasteiger partial charge in [0.25, 0.3) is 0 Å². The zero-order chi connectivity index (χ0) is 22.8. The standard InChI is InChI=1S/C28H30N4O/c1-4-33-24-14-12-22(13-15-24)27-29-26-11-6-5-10-25(26)28(30-27)31-16-17-32(21(3)19-31)23-9-7-8-20(2)18-23/h5-15,18,21H,4,16-17,19H2,1-3H3/t21-/m0/s1. The molecule has 1 atom stereocenters. The summed E-state index contributed by atoms with van der Waals surface area (Å²) in [6.07, 6.45) is 0. The summed E-state index contributed by atoms with van der Waals surface area (Å²) in [6.45, 7) is 9.89. The van der Waals surface area contributed by atoms with Crippen LogP contribution in [0, 0.1) is 6.92 Å². The molecule has 1 aromatic heterocycles. The van der Waals surface area contributed by atoms with Crippen LogP contribution in [0.1, 0.15) is 19.4 Å². The maximum atomic E-state index is 5.60. The highest BCUT2D eigenvalue weighted by molar-refractivity contribution is 5.91. The Hall–Kier alpha value is -3.60. The number of aromatic nitrogens is 2. The molecule has 5 nitrogen and oxygen atoms in total. The average Bonchev–Trinajstić information content (AvgIpc) is 2.84. The molecule has 0 spiro atoms. The van der Waals surface area contributed by atoms with Crippen LogP contribution in [0.25, 0.3) is 22.3 Å². The van der Waals surface area contributed by atoms with Crippen LogP contribution in [0.2, 0.25) is 0 Å². The molecule has 0 radical (unpaired) electrons. The number of para-hydroxylation sites is 1. The quantitative estimate of drug-likeness (QED) is 0.399. The molecule has 5 rings (SSSR count). The molecule has 3 aromatic carbocycles. The van der Waals surface area contributed by atoms with E-state index in [4.69, 9.17) is 14.7 Å². The minimum atomic E-state index is 0.378. The maximum absolute atomic E-state index is 5.60. The van der Waals surface area contributed by atoms with Gasteiger partial charge in [0.2, 0.25) is 0 Å². The Morgan fingerprint density at radius 1 is 0.939 bits per heavy atom. The number of piperazine rings is 1. The lowest BCUT2D eigenvalue weighted by Gasteiger charge is -2.42. The van der Waals surface area contributed by atoms with Crippen molar-refractivity contribution in [1.29, 1.82) is 0 Å². The fourth-order valence-corrected chi connectivity index (χ4v) is 4.64. The molecule has 0 aliphatic carbocycles. The molecule has 0 amide bonds. The lowest BCUT2D eigenvalue weighted by atomic mass is 10.1. The fraction of sp³-hybridized carbons (Fsp3) is 0.286. The second kappa shape index (κ2) is 9.10. The number of aryl methyl sites for hydroxylation is 1. The summed E-state index contributed by atoms with van der Waals surface area (Å²) in [6, 6.07) is 25.5. The summed E-state index contributed by atoms with van der Waals surface area (Å²) >= 11 is 0. The van der Waals surface area contributed by atoms with Crippen molar-refractivity contribution in [2.45, 2.75) is 26.8 Å². The van der Waals surface area contributed by atoms with Crippen molar-refractivity contribution in [3.8, 4) is 17.1 Å². The number of ether oxygens (including phenoxy) is 1. The third-order valence-electron chi connectivity index (χ3n) is 6.27. The minimum absolute atomic E-state index is 0.378. The van der Waals surface area contributed by atoms with E-state index < -0.39 is 0 Å². The van der Waals surface area contributed by atoms with E-state index in [1.165, 1.54) is 11.3 Å². The van der Waals surface area contributed by atoms with E-state index >= 15 is 0 Å². The number of anilines is 2. The van der Waals surface area contributed by atoms with Crippen LogP contribution in [0.3, 0.4) is 0 Å². The minimum Gasteiger partial charge on any atom is -0.494 e. The van der Waals surface area contributed by atoms with Gasteiger partial charge in [-0.25, -0.2) is 9.97 Å². The van der Waals surface area contributed by atoms with Crippen molar-refractivity contribution >= 4 is 22.4 Å². The van der Waals surface area contributed by atoms with Gasteiger partial charge in [-0.3, -0.25) is 0 Å². The Morgan fingerprint density at radius 2 is 1.76 bits per heavy atom. The fourth-order valence-electron chi connectivity index (χ4n) is 4.64. The molecule has 0 saturated carbocycles. The molecular weight excluding hydrogens is 408 g/mol. The molecule has 1 aliphatic rings. The summed E-state index contributed by atoms with van der Waals surface area (Å²) in [5.74, 6) is 2.63.